The zero-order chi connectivity index (χ0) is 15.9. The van der Waals surface area contributed by atoms with E-state index in [9.17, 15) is 0 Å². The van der Waals surface area contributed by atoms with Crippen molar-refractivity contribution in [3.8, 4) is 0 Å². The number of nitrogens with one attached hydrogen (secondary N) is 1. The van der Waals surface area contributed by atoms with Crippen molar-refractivity contribution in [3.05, 3.63) is 42.0 Å². The van der Waals surface area contributed by atoms with E-state index in [0.717, 1.165) is 37.9 Å². The Morgan fingerprint density at radius 3 is 2.62 bits per heavy atom. The van der Waals surface area contributed by atoms with Crippen LogP contribution in [-0.2, 0) is 0 Å². The van der Waals surface area contributed by atoms with Gasteiger partial charge in [-0.15, -0.1) is 24.0 Å². The van der Waals surface area contributed by atoms with Crippen LogP contribution in [0, 0.1) is 5.92 Å². The van der Waals surface area contributed by atoms with E-state index in [1.807, 2.05) is 7.05 Å². The van der Waals surface area contributed by atoms with Crippen molar-refractivity contribution >= 4 is 47.3 Å². The van der Waals surface area contributed by atoms with Crippen LogP contribution >= 0.6 is 35.7 Å². The molecule has 1 N–H and O–H groups in total. The lowest BCUT2D eigenvalue weighted by atomic mass is 10.00. The number of thioether (sulfide) groups is 1. The molecule has 0 aromatic heterocycles. The molecule has 2 heterocycles. The minimum absolute atomic E-state index is 0. The molecule has 2 aliphatic heterocycles. The van der Waals surface area contributed by atoms with Crippen molar-refractivity contribution in [2.24, 2.45) is 10.9 Å². The van der Waals surface area contributed by atoms with Gasteiger partial charge in [0.25, 0.3) is 0 Å². The summed E-state index contributed by atoms with van der Waals surface area (Å²) >= 11 is 2.09. The summed E-state index contributed by atoms with van der Waals surface area (Å²) in [6.45, 7) is 3.06. The molecule has 3 rings (SSSR count). The third kappa shape index (κ3) is 5.41. The number of benzene rings is 1. The highest BCUT2D eigenvalue weighted by Crippen LogP contribution is 2.23. The van der Waals surface area contributed by atoms with Crippen LogP contribution < -0.4 is 5.32 Å². The second kappa shape index (κ2) is 10.3. The highest BCUT2D eigenvalue weighted by molar-refractivity contribution is 14.0. The van der Waals surface area contributed by atoms with Crippen LogP contribution in [0.3, 0.4) is 0 Å². The molecule has 0 amide bonds. The van der Waals surface area contributed by atoms with E-state index in [1.54, 1.807) is 0 Å². The van der Waals surface area contributed by atoms with Gasteiger partial charge in [0.05, 0.1) is 0 Å². The summed E-state index contributed by atoms with van der Waals surface area (Å²) in [4.78, 5) is 6.86. The summed E-state index contributed by atoms with van der Waals surface area (Å²) in [6.07, 6.45) is 6.12. The molecule has 5 heteroatoms. The summed E-state index contributed by atoms with van der Waals surface area (Å²) in [6, 6.07) is 10.7. The molecule has 0 bridgehead atoms. The lowest BCUT2D eigenvalue weighted by Crippen LogP contribution is -2.45. The van der Waals surface area contributed by atoms with Gasteiger partial charge in [0.2, 0.25) is 0 Å². The maximum absolute atomic E-state index is 4.49. The Labute approximate surface area is 167 Å². The number of halogens is 1. The normalized spacial score (nSPS) is 19.5. The molecular weight excluding hydrogens is 429 g/mol. The SMILES string of the molecule is CN=C(NCC1CCSCC1)N1CC=C(c2ccccc2)CC1.I. The predicted molar refractivity (Wildman–Crippen MR) is 117 cm³/mol. The van der Waals surface area contributed by atoms with Gasteiger partial charge in [-0.05, 0) is 47.8 Å². The van der Waals surface area contributed by atoms with Crippen LogP contribution in [-0.4, -0.2) is 49.0 Å². The topological polar surface area (TPSA) is 27.6 Å². The number of nitrogens with zero attached hydrogens (tertiary/aromatic N) is 2. The fraction of sp³-hybridized carbons (Fsp3) is 0.526. The minimum atomic E-state index is 0. The monoisotopic (exact) mass is 457 g/mol. The predicted octanol–water partition coefficient (Wildman–Crippen LogP) is 4.11. The van der Waals surface area contributed by atoms with Gasteiger partial charge in [-0.1, -0.05) is 36.4 Å². The smallest absolute Gasteiger partial charge is 0.193 e. The zero-order valence-corrected chi connectivity index (χ0v) is 17.6. The van der Waals surface area contributed by atoms with E-state index in [4.69, 9.17) is 0 Å². The maximum atomic E-state index is 4.49. The van der Waals surface area contributed by atoms with Gasteiger partial charge in [-0.2, -0.15) is 11.8 Å². The zero-order valence-electron chi connectivity index (χ0n) is 14.4. The van der Waals surface area contributed by atoms with Crippen molar-refractivity contribution in [2.75, 3.05) is 38.2 Å². The van der Waals surface area contributed by atoms with Gasteiger partial charge >= 0.3 is 0 Å². The standard InChI is InChI=1S/C19H27N3S.HI/c1-20-19(21-15-16-9-13-23-14-10-16)22-11-7-18(8-12-22)17-5-3-2-4-6-17;/h2-7,16H,8-15H2,1H3,(H,20,21);1H. The molecule has 3 nitrogen and oxygen atoms in total. The van der Waals surface area contributed by atoms with E-state index in [0.29, 0.717) is 0 Å². The molecule has 1 aromatic rings. The molecule has 132 valence electrons. The number of hydrogen-bond acceptors (Lipinski definition) is 2. The molecule has 1 fully saturated rings. The largest absolute Gasteiger partial charge is 0.356 e. The van der Waals surface area contributed by atoms with Crippen LogP contribution in [0.4, 0.5) is 0 Å². The van der Waals surface area contributed by atoms with E-state index >= 15 is 0 Å². The number of guanidine groups is 1. The lowest BCUT2D eigenvalue weighted by molar-refractivity contribution is 0.419. The van der Waals surface area contributed by atoms with Crippen molar-refractivity contribution in [1.82, 2.24) is 10.2 Å². The highest BCUT2D eigenvalue weighted by Gasteiger charge is 2.18. The van der Waals surface area contributed by atoms with Gasteiger partial charge in [0.15, 0.2) is 5.96 Å². The molecule has 0 aliphatic carbocycles. The Bertz CT molecular complexity index is 553. The Balaban J connectivity index is 0.00000208. The fourth-order valence-corrected chi connectivity index (χ4v) is 4.50. The first kappa shape index (κ1) is 19.6. The van der Waals surface area contributed by atoms with Gasteiger partial charge in [0.1, 0.15) is 0 Å². The van der Waals surface area contributed by atoms with Gasteiger partial charge in [-0.3, -0.25) is 4.99 Å². The fourth-order valence-electron chi connectivity index (χ4n) is 3.29. The third-order valence-electron chi connectivity index (χ3n) is 4.75. The first-order valence-electron chi connectivity index (χ1n) is 8.64. The van der Waals surface area contributed by atoms with Crippen LogP contribution in [0.15, 0.2) is 41.4 Å². The molecule has 0 atom stereocenters. The molecule has 1 aromatic carbocycles. The molecule has 0 spiro atoms. The first-order valence-corrected chi connectivity index (χ1v) is 9.80. The number of aliphatic imine (C=N–C) groups is 1. The van der Waals surface area contributed by atoms with Crippen LogP contribution in [0.2, 0.25) is 0 Å². The summed E-state index contributed by atoms with van der Waals surface area (Å²) < 4.78 is 0. The van der Waals surface area contributed by atoms with Crippen LogP contribution in [0.5, 0.6) is 0 Å². The van der Waals surface area contributed by atoms with E-state index in [-0.39, 0.29) is 24.0 Å². The van der Waals surface area contributed by atoms with Crippen LogP contribution in [0.25, 0.3) is 5.57 Å². The van der Waals surface area contributed by atoms with Gasteiger partial charge in [-0.25, -0.2) is 0 Å². The molecular formula is C19H28IN3S. The van der Waals surface area contributed by atoms with Gasteiger partial charge < -0.3 is 10.2 Å². The number of hydrogen-bond donors (Lipinski definition) is 1. The van der Waals surface area contributed by atoms with Gasteiger partial charge in [0, 0.05) is 26.7 Å². The molecule has 0 saturated carbocycles. The second-order valence-corrected chi connectivity index (χ2v) is 7.50. The van der Waals surface area contributed by atoms with Crippen molar-refractivity contribution in [3.63, 3.8) is 0 Å². The van der Waals surface area contributed by atoms with E-state index in [2.05, 4.69) is 63.4 Å². The van der Waals surface area contributed by atoms with Crippen molar-refractivity contribution < 1.29 is 0 Å². The average molecular weight is 457 g/mol. The Morgan fingerprint density at radius 1 is 1.25 bits per heavy atom. The number of rotatable bonds is 3. The summed E-state index contributed by atoms with van der Waals surface area (Å²) in [5, 5.41) is 3.60. The second-order valence-electron chi connectivity index (χ2n) is 6.28. The van der Waals surface area contributed by atoms with E-state index in [1.165, 1.54) is 35.5 Å². The molecule has 2 aliphatic rings. The van der Waals surface area contributed by atoms with Crippen LogP contribution in [0.1, 0.15) is 24.8 Å². The Kier molecular flexibility index (Phi) is 8.45. The lowest BCUT2D eigenvalue weighted by Gasteiger charge is -2.31. The Morgan fingerprint density at radius 2 is 2.00 bits per heavy atom. The first-order chi connectivity index (χ1) is 11.4. The van der Waals surface area contributed by atoms with E-state index < -0.39 is 0 Å². The molecule has 0 radical (unpaired) electrons. The summed E-state index contributed by atoms with van der Waals surface area (Å²) in [5.74, 6) is 4.51. The Hall–Kier alpha value is -0.690. The molecule has 24 heavy (non-hydrogen) atoms. The third-order valence-corrected chi connectivity index (χ3v) is 5.80. The molecule has 0 unspecified atom stereocenters. The van der Waals surface area contributed by atoms with Crippen molar-refractivity contribution in [2.45, 2.75) is 19.3 Å². The quantitative estimate of drug-likeness (QED) is 0.421. The summed E-state index contributed by atoms with van der Waals surface area (Å²) in [7, 11) is 1.90. The maximum Gasteiger partial charge on any atom is 0.193 e. The molecule has 1 saturated heterocycles. The summed E-state index contributed by atoms with van der Waals surface area (Å²) in [5.41, 5.74) is 2.82. The average Bonchev–Trinajstić information content (AvgIpc) is 2.64. The van der Waals surface area contributed by atoms with Crippen molar-refractivity contribution in [1.29, 1.82) is 0 Å². The highest BCUT2D eigenvalue weighted by atomic mass is 127. The minimum Gasteiger partial charge on any atom is -0.356 e.